The number of methoxy groups -OCH3 is 1. The average molecular weight is 386 g/mol. The molecule has 1 unspecified atom stereocenters. The fourth-order valence-electron chi connectivity index (χ4n) is 3.23. The maximum Gasteiger partial charge on any atom is 0.322 e. The lowest BCUT2D eigenvalue weighted by Gasteiger charge is -2.28. The number of nitrogens with one attached hydrogen (secondary N) is 1. The largest absolute Gasteiger partial charge is 0.609 e. The maximum atomic E-state index is 12.8. The summed E-state index contributed by atoms with van der Waals surface area (Å²) >= 11 is -1.39. The zero-order valence-electron chi connectivity index (χ0n) is 15.1. The van der Waals surface area contributed by atoms with Gasteiger partial charge >= 0.3 is 5.16 Å². The minimum Gasteiger partial charge on any atom is -0.609 e. The number of hydrogen-bond acceptors (Lipinski definition) is 7. The summed E-state index contributed by atoms with van der Waals surface area (Å²) in [5, 5.41) is 0.401. The molecule has 0 aliphatic carbocycles. The minimum absolute atomic E-state index is 0.179. The van der Waals surface area contributed by atoms with E-state index in [1.165, 1.54) is 6.42 Å². The molecule has 1 aliphatic rings. The van der Waals surface area contributed by atoms with Crippen LogP contribution in [0.15, 0.2) is 29.6 Å². The van der Waals surface area contributed by atoms with Crippen LogP contribution in [0.3, 0.4) is 0 Å². The number of rotatable bonds is 5. The van der Waals surface area contributed by atoms with Crippen LogP contribution >= 0.6 is 0 Å². The summed E-state index contributed by atoms with van der Waals surface area (Å²) in [5.41, 5.74) is 8.15. The predicted molar refractivity (Wildman–Crippen MR) is 105 cm³/mol. The number of hydrogen-bond donors (Lipinski definition) is 2. The first-order chi connectivity index (χ1) is 13.1. The van der Waals surface area contributed by atoms with Gasteiger partial charge in [0.25, 0.3) is 0 Å². The predicted octanol–water partition coefficient (Wildman–Crippen LogP) is 2.24. The molecule has 3 aromatic rings. The zero-order valence-corrected chi connectivity index (χ0v) is 16.0. The standard InChI is InChI=1S/C18H22N6O2S/c1-26-12-5-6-14-15(9-12)22-18(21-14)27(25)11-16-20-10-13(19)17(23-16)24-7-3-2-4-8-24/h5-6,9-10H,2-4,7-8,11,19H2,1H3,(H,21,22). The van der Waals surface area contributed by atoms with E-state index >= 15 is 0 Å². The van der Waals surface area contributed by atoms with Crippen LogP contribution in [0.2, 0.25) is 0 Å². The third-order valence-electron chi connectivity index (χ3n) is 4.65. The van der Waals surface area contributed by atoms with Gasteiger partial charge in [-0.2, -0.15) is 4.98 Å². The van der Waals surface area contributed by atoms with E-state index in [0.717, 1.165) is 37.3 Å². The lowest BCUT2D eigenvalue weighted by molar-refractivity contribution is 0.415. The van der Waals surface area contributed by atoms with Crippen molar-refractivity contribution < 1.29 is 9.29 Å². The molecule has 0 bridgehead atoms. The summed E-state index contributed by atoms with van der Waals surface area (Å²) in [7, 11) is 1.60. The van der Waals surface area contributed by atoms with Gasteiger partial charge in [-0.25, -0.2) is 9.97 Å². The molecule has 3 heterocycles. The Labute approximate surface area is 160 Å². The van der Waals surface area contributed by atoms with E-state index in [4.69, 9.17) is 10.5 Å². The van der Waals surface area contributed by atoms with Crippen LogP contribution in [0.4, 0.5) is 11.5 Å². The number of ether oxygens (including phenoxy) is 1. The van der Waals surface area contributed by atoms with Gasteiger partial charge in [0.2, 0.25) is 0 Å². The Morgan fingerprint density at radius 1 is 1.26 bits per heavy atom. The lowest BCUT2D eigenvalue weighted by atomic mass is 10.1. The number of fused-ring (bicyclic) bond motifs is 1. The second-order valence-corrected chi connectivity index (χ2v) is 7.89. The number of nitrogen functional groups attached to an aromatic ring is 1. The van der Waals surface area contributed by atoms with Crippen LogP contribution in [-0.4, -0.2) is 44.7 Å². The van der Waals surface area contributed by atoms with E-state index < -0.39 is 11.2 Å². The number of aromatic amines is 1. The summed E-state index contributed by atoms with van der Waals surface area (Å²) in [5.74, 6) is 2.13. The Kier molecular flexibility index (Phi) is 5.04. The van der Waals surface area contributed by atoms with Crippen molar-refractivity contribution in [2.45, 2.75) is 30.2 Å². The van der Waals surface area contributed by atoms with E-state index in [1.807, 2.05) is 12.1 Å². The van der Waals surface area contributed by atoms with Gasteiger partial charge in [0.05, 0.1) is 30.0 Å². The Morgan fingerprint density at radius 3 is 2.85 bits per heavy atom. The monoisotopic (exact) mass is 386 g/mol. The lowest BCUT2D eigenvalue weighted by Crippen LogP contribution is -2.31. The molecule has 4 rings (SSSR count). The summed E-state index contributed by atoms with van der Waals surface area (Å²) < 4.78 is 18.0. The molecule has 0 spiro atoms. The summed E-state index contributed by atoms with van der Waals surface area (Å²) in [6, 6.07) is 5.50. The summed E-state index contributed by atoms with van der Waals surface area (Å²) in [4.78, 5) is 18.5. The van der Waals surface area contributed by atoms with Crippen LogP contribution in [0.5, 0.6) is 5.75 Å². The highest BCUT2D eigenvalue weighted by molar-refractivity contribution is 7.90. The summed E-state index contributed by atoms with van der Waals surface area (Å²) in [6.07, 6.45) is 5.10. The molecule has 3 N–H and O–H groups in total. The van der Waals surface area contributed by atoms with Gasteiger partial charge < -0.3 is 19.9 Å². The van der Waals surface area contributed by atoms with Crippen LogP contribution in [0, 0.1) is 0 Å². The van der Waals surface area contributed by atoms with Gasteiger partial charge in [0.1, 0.15) is 5.75 Å². The van der Waals surface area contributed by atoms with Crippen molar-refractivity contribution in [1.82, 2.24) is 19.9 Å². The molecule has 27 heavy (non-hydrogen) atoms. The Bertz CT molecular complexity index is 941. The molecule has 8 nitrogen and oxygen atoms in total. The van der Waals surface area contributed by atoms with Crippen molar-refractivity contribution in [1.29, 1.82) is 0 Å². The molecular formula is C18H22N6O2S. The molecule has 1 fully saturated rings. The SMILES string of the molecule is COc1ccc2[nH]c([S+]([O-])Cc3ncc(N)c(N4CCCCC4)n3)nc2c1. The third kappa shape index (κ3) is 3.79. The Balaban J connectivity index is 1.54. The first-order valence-electron chi connectivity index (χ1n) is 8.92. The number of benzene rings is 1. The van der Waals surface area contributed by atoms with Gasteiger partial charge in [0, 0.05) is 30.3 Å². The second-order valence-electron chi connectivity index (χ2n) is 6.53. The zero-order chi connectivity index (χ0) is 18.8. The summed E-state index contributed by atoms with van der Waals surface area (Å²) in [6.45, 7) is 1.88. The highest BCUT2D eigenvalue weighted by Gasteiger charge is 2.21. The highest BCUT2D eigenvalue weighted by Crippen LogP contribution is 2.25. The molecule has 9 heteroatoms. The quantitative estimate of drug-likeness (QED) is 0.646. The second kappa shape index (κ2) is 7.61. The van der Waals surface area contributed by atoms with Crippen molar-refractivity contribution in [2.75, 3.05) is 30.8 Å². The Hall–Kier alpha value is -2.52. The van der Waals surface area contributed by atoms with E-state index in [2.05, 4.69) is 24.8 Å². The Morgan fingerprint density at radius 2 is 2.07 bits per heavy atom. The van der Waals surface area contributed by atoms with E-state index in [-0.39, 0.29) is 5.75 Å². The number of anilines is 2. The molecule has 2 aromatic heterocycles. The average Bonchev–Trinajstić information content (AvgIpc) is 3.13. The molecule has 1 aromatic carbocycles. The van der Waals surface area contributed by atoms with Crippen LogP contribution < -0.4 is 15.4 Å². The van der Waals surface area contributed by atoms with Gasteiger partial charge in [-0.1, -0.05) is 0 Å². The number of nitrogens with two attached hydrogens (primary N) is 1. The molecule has 1 aliphatic heterocycles. The van der Waals surface area contributed by atoms with Crippen LogP contribution in [0.1, 0.15) is 25.1 Å². The number of aromatic nitrogens is 4. The maximum absolute atomic E-state index is 12.8. The topological polar surface area (TPSA) is 116 Å². The first-order valence-corrected chi connectivity index (χ1v) is 10.2. The van der Waals surface area contributed by atoms with Crippen LogP contribution in [-0.2, 0) is 16.9 Å². The van der Waals surface area contributed by atoms with Crippen molar-refractivity contribution in [2.24, 2.45) is 0 Å². The highest BCUT2D eigenvalue weighted by atomic mass is 32.2. The molecule has 1 atom stereocenters. The number of piperidine rings is 1. The number of H-pyrrole nitrogens is 1. The molecule has 0 saturated carbocycles. The van der Waals surface area contributed by atoms with Gasteiger partial charge in [-0.15, -0.1) is 0 Å². The van der Waals surface area contributed by atoms with Gasteiger partial charge in [-0.05, 0) is 31.4 Å². The third-order valence-corrected chi connectivity index (χ3v) is 5.79. The smallest absolute Gasteiger partial charge is 0.322 e. The van der Waals surface area contributed by atoms with E-state index in [0.29, 0.717) is 27.9 Å². The van der Waals surface area contributed by atoms with Gasteiger partial charge in [-0.3, -0.25) is 4.98 Å². The molecule has 0 radical (unpaired) electrons. The minimum atomic E-state index is -1.39. The first kappa shape index (κ1) is 17.9. The van der Waals surface area contributed by atoms with Crippen molar-refractivity contribution in [3.8, 4) is 5.75 Å². The van der Waals surface area contributed by atoms with Crippen molar-refractivity contribution >= 4 is 33.7 Å². The van der Waals surface area contributed by atoms with Gasteiger partial charge in [0.15, 0.2) is 17.4 Å². The normalized spacial score (nSPS) is 15.9. The fraction of sp³-hybridized carbons (Fsp3) is 0.389. The molecular weight excluding hydrogens is 364 g/mol. The van der Waals surface area contributed by atoms with E-state index in [1.54, 1.807) is 19.4 Å². The van der Waals surface area contributed by atoms with Crippen molar-refractivity contribution in [3.05, 3.63) is 30.2 Å². The number of nitrogens with zero attached hydrogens (tertiary/aromatic N) is 4. The van der Waals surface area contributed by atoms with Crippen LogP contribution in [0.25, 0.3) is 11.0 Å². The number of imidazole rings is 1. The molecule has 0 amide bonds. The van der Waals surface area contributed by atoms with Crippen molar-refractivity contribution in [3.63, 3.8) is 0 Å². The van der Waals surface area contributed by atoms with E-state index in [9.17, 15) is 4.55 Å². The fourth-order valence-corrected chi connectivity index (χ4v) is 4.16. The molecule has 142 valence electrons. The molecule has 1 saturated heterocycles.